The summed E-state index contributed by atoms with van der Waals surface area (Å²) in [7, 11) is 0. The number of ether oxygens (including phenoxy) is 1. The predicted octanol–water partition coefficient (Wildman–Crippen LogP) is 4.61. The molecule has 0 fully saturated rings. The molecule has 1 heterocycles. The van der Waals surface area contributed by atoms with Crippen LogP contribution >= 0.6 is 0 Å². The Bertz CT molecular complexity index is 803. The number of hydrogen-bond donors (Lipinski definition) is 2. The van der Waals surface area contributed by atoms with Crippen molar-refractivity contribution in [2.45, 2.75) is 26.4 Å². The van der Waals surface area contributed by atoms with E-state index >= 15 is 0 Å². The quantitative estimate of drug-likeness (QED) is 0.624. The molecule has 4 nitrogen and oxygen atoms in total. The molecule has 2 aromatic carbocycles. The van der Waals surface area contributed by atoms with Crippen LogP contribution in [0, 0.1) is 0 Å². The average Bonchev–Trinajstić information content (AvgIpc) is 2.63. The van der Waals surface area contributed by atoms with Crippen LogP contribution in [-0.2, 0) is 6.61 Å². The topological polar surface area (TPSA) is 60.2 Å². The molecule has 0 unspecified atom stereocenters. The summed E-state index contributed by atoms with van der Waals surface area (Å²) in [6.07, 6.45) is 3.96. The second kappa shape index (κ2) is 7.68. The van der Waals surface area contributed by atoms with Crippen molar-refractivity contribution in [3.8, 4) is 5.75 Å². The fourth-order valence-electron chi connectivity index (χ4n) is 2.61. The van der Waals surface area contributed by atoms with E-state index in [1.165, 1.54) is 0 Å². The molecule has 124 valence electrons. The molecule has 0 saturated carbocycles. The van der Waals surface area contributed by atoms with E-state index in [4.69, 9.17) is 10.5 Å². The minimum absolute atomic E-state index is 0.545. The van der Waals surface area contributed by atoms with Crippen molar-refractivity contribution < 1.29 is 4.74 Å². The smallest absolute Gasteiger partial charge is 0.122 e. The van der Waals surface area contributed by atoms with Gasteiger partial charge in [-0.15, -0.1) is 0 Å². The number of rotatable bonds is 7. The summed E-state index contributed by atoms with van der Waals surface area (Å²) < 4.78 is 5.88. The number of pyridine rings is 1. The van der Waals surface area contributed by atoms with Crippen LogP contribution in [0.2, 0.25) is 0 Å². The molecule has 3 rings (SSSR count). The third-order valence-corrected chi connectivity index (χ3v) is 3.95. The first-order valence-electron chi connectivity index (χ1n) is 8.36. The number of nitrogen functional groups attached to an aromatic ring is 1. The van der Waals surface area contributed by atoms with Gasteiger partial charge in [0.2, 0.25) is 0 Å². The molecule has 0 aliphatic rings. The highest BCUT2D eigenvalue weighted by Gasteiger charge is 2.07. The van der Waals surface area contributed by atoms with Crippen LogP contribution in [0.3, 0.4) is 0 Å². The monoisotopic (exact) mass is 321 g/mol. The van der Waals surface area contributed by atoms with Crippen LogP contribution in [-0.4, -0.2) is 11.5 Å². The van der Waals surface area contributed by atoms with Crippen LogP contribution in [0.4, 0.5) is 11.4 Å². The molecular formula is C20H23N3O. The minimum Gasteiger partial charge on any atom is -0.489 e. The summed E-state index contributed by atoms with van der Waals surface area (Å²) >= 11 is 0. The molecule has 0 bridgehead atoms. The Kier molecular flexibility index (Phi) is 5.16. The maximum atomic E-state index is 6.09. The van der Waals surface area contributed by atoms with Gasteiger partial charge in [-0.05, 0) is 24.1 Å². The highest BCUT2D eigenvalue weighted by Crippen LogP contribution is 2.30. The molecular weight excluding hydrogens is 298 g/mol. The lowest BCUT2D eigenvalue weighted by Crippen LogP contribution is -2.05. The van der Waals surface area contributed by atoms with Gasteiger partial charge in [0.25, 0.3) is 0 Å². The number of unbranched alkanes of at least 4 members (excludes halogenated alkanes) is 1. The van der Waals surface area contributed by atoms with Crippen LogP contribution in [0.5, 0.6) is 5.75 Å². The molecule has 0 radical (unpaired) electrons. The van der Waals surface area contributed by atoms with Crippen molar-refractivity contribution in [1.29, 1.82) is 0 Å². The number of nitrogens with one attached hydrogen (secondary N) is 1. The Morgan fingerprint density at radius 2 is 1.96 bits per heavy atom. The lowest BCUT2D eigenvalue weighted by molar-refractivity contribution is 0.306. The zero-order valence-electron chi connectivity index (χ0n) is 14.0. The lowest BCUT2D eigenvalue weighted by atomic mass is 10.1. The summed E-state index contributed by atoms with van der Waals surface area (Å²) in [6, 6.07) is 16.1. The van der Waals surface area contributed by atoms with Gasteiger partial charge in [-0.2, -0.15) is 0 Å². The van der Waals surface area contributed by atoms with Crippen LogP contribution in [0.1, 0.15) is 25.3 Å². The van der Waals surface area contributed by atoms with E-state index in [-0.39, 0.29) is 0 Å². The van der Waals surface area contributed by atoms with Gasteiger partial charge in [0.05, 0.1) is 23.1 Å². The molecule has 4 heteroatoms. The van der Waals surface area contributed by atoms with Gasteiger partial charge in [0.1, 0.15) is 12.4 Å². The van der Waals surface area contributed by atoms with Gasteiger partial charge in [-0.25, -0.2) is 0 Å². The Morgan fingerprint density at radius 3 is 2.75 bits per heavy atom. The first kappa shape index (κ1) is 16.1. The molecule has 0 atom stereocenters. The van der Waals surface area contributed by atoms with Crippen LogP contribution < -0.4 is 15.8 Å². The summed E-state index contributed by atoms with van der Waals surface area (Å²) in [5.41, 5.74) is 9.75. The van der Waals surface area contributed by atoms with E-state index in [0.717, 1.165) is 47.3 Å². The number of anilines is 2. The summed E-state index contributed by atoms with van der Waals surface area (Å²) in [5, 5.41) is 4.45. The van der Waals surface area contributed by atoms with Gasteiger partial charge in [0.15, 0.2) is 0 Å². The van der Waals surface area contributed by atoms with E-state index in [1.807, 2.05) is 36.4 Å². The summed E-state index contributed by atoms with van der Waals surface area (Å²) in [5.74, 6) is 0.808. The summed E-state index contributed by atoms with van der Waals surface area (Å²) in [4.78, 5) is 4.44. The molecule has 24 heavy (non-hydrogen) atoms. The van der Waals surface area contributed by atoms with E-state index in [1.54, 1.807) is 6.20 Å². The van der Waals surface area contributed by atoms with Crippen molar-refractivity contribution >= 4 is 22.3 Å². The fraction of sp³-hybridized carbons (Fsp3) is 0.250. The minimum atomic E-state index is 0.545. The number of nitrogens with two attached hydrogens (primary N) is 1. The Morgan fingerprint density at radius 1 is 1.12 bits per heavy atom. The normalized spacial score (nSPS) is 10.7. The van der Waals surface area contributed by atoms with Gasteiger partial charge >= 0.3 is 0 Å². The first-order chi connectivity index (χ1) is 11.8. The highest BCUT2D eigenvalue weighted by atomic mass is 16.5. The highest BCUT2D eigenvalue weighted by molar-refractivity contribution is 5.97. The molecule has 0 spiro atoms. The Labute approximate surface area is 142 Å². The van der Waals surface area contributed by atoms with Crippen LogP contribution in [0.15, 0.2) is 54.7 Å². The van der Waals surface area contributed by atoms with Crippen molar-refractivity contribution in [3.05, 3.63) is 60.3 Å². The molecule has 3 aromatic rings. The average molecular weight is 321 g/mol. The zero-order valence-corrected chi connectivity index (χ0v) is 14.0. The molecule has 1 aromatic heterocycles. The largest absolute Gasteiger partial charge is 0.489 e. The predicted molar refractivity (Wildman–Crippen MR) is 100 cm³/mol. The van der Waals surface area contributed by atoms with Crippen molar-refractivity contribution in [2.24, 2.45) is 0 Å². The number of fused-ring (bicyclic) bond motifs is 1. The number of hydrogen-bond acceptors (Lipinski definition) is 4. The third kappa shape index (κ3) is 3.77. The van der Waals surface area contributed by atoms with Crippen molar-refractivity contribution in [3.63, 3.8) is 0 Å². The van der Waals surface area contributed by atoms with E-state index in [2.05, 4.69) is 29.4 Å². The van der Waals surface area contributed by atoms with Gasteiger partial charge in [-0.1, -0.05) is 43.7 Å². The van der Waals surface area contributed by atoms with Gasteiger partial charge in [0, 0.05) is 18.0 Å². The Hall–Kier alpha value is -2.75. The maximum Gasteiger partial charge on any atom is 0.122 e. The maximum absolute atomic E-state index is 6.09. The summed E-state index contributed by atoms with van der Waals surface area (Å²) in [6.45, 7) is 3.63. The number of aromatic nitrogens is 1. The Balaban J connectivity index is 1.79. The lowest BCUT2D eigenvalue weighted by Gasteiger charge is -2.13. The fourth-order valence-corrected chi connectivity index (χ4v) is 2.61. The standard InChI is InChI=1S/C20H23N3O/c1-2-3-11-22-20-17-10-9-16(12-19(17)23-13-18(20)21)24-14-15-7-5-4-6-8-15/h4-10,12-13H,2-3,11,14,21H2,1H3,(H,22,23). The number of benzene rings is 2. The second-order valence-corrected chi connectivity index (χ2v) is 5.82. The molecule has 0 saturated heterocycles. The second-order valence-electron chi connectivity index (χ2n) is 5.82. The van der Waals surface area contributed by atoms with Crippen molar-refractivity contribution in [1.82, 2.24) is 4.98 Å². The van der Waals surface area contributed by atoms with E-state index in [9.17, 15) is 0 Å². The molecule has 0 aliphatic carbocycles. The molecule has 0 amide bonds. The van der Waals surface area contributed by atoms with E-state index < -0.39 is 0 Å². The number of nitrogens with zero attached hydrogens (tertiary/aromatic N) is 1. The molecule has 3 N–H and O–H groups in total. The van der Waals surface area contributed by atoms with Crippen molar-refractivity contribution in [2.75, 3.05) is 17.6 Å². The molecule has 0 aliphatic heterocycles. The van der Waals surface area contributed by atoms with E-state index in [0.29, 0.717) is 12.3 Å². The zero-order chi connectivity index (χ0) is 16.8. The SMILES string of the molecule is CCCCNc1c(N)cnc2cc(OCc3ccccc3)ccc12. The van der Waals surface area contributed by atoms with Gasteiger partial charge in [-0.3, -0.25) is 4.98 Å². The third-order valence-electron chi connectivity index (χ3n) is 3.95. The van der Waals surface area contributed by atoms with Gasteiger partial charge < -0.3 is 15.8 Å². The first-order valence-corrected chi connectivity index (χ1v) is 8.36. The van der Waals surface area contributed by atoms with Crippen LogP contribution in [0.25, 0.3) is 10.9 Å².